The zero-order chi connectivity index (χ0) is 11.5. The van der Waals surface area contributed by atoms with Crippen molar-refractivity contribution >= 4 is 10.9 Å². The minimum Gasteiger partial charge on any atom is -0.313 e. The number of hydrogen-bond acceptors (Lipinski definition) is 3. The summed E-state index contributed by atoms with van der Waals surface area (Å²) in [5.74, 6) is 0.650. The van der Waals surface area contributed by atoms with Crippen molar-refractivity contribution < 1.29 is 0 Å². The maximum absolute atomic E-state index is 11.7. The molecule has 2 N–H and O–H groups in total. The van der Waals surface area contributed by atoms with Crippen LogP contribution in [0.25, 0.3) is 10.9 Å². The Hall–Kier alpha value is -1.68. The van der Waals surface area contributed by atoms with Gasteiger partial charge in [0.15, 0.2) is 0 Å². The minimum absolute atomic E-state index is 0.0687. The first-order valence-corrected chi connectivity index (χ1v) is 5.41. The van der Waals surface area contributed by atoms with E-state index < -0.39 is 0 Å². The van der Waals surface area contributed by atoms with Gasteiger partial charge in [-0.05, 0) is 31.2 Å². The van der Waals surface area contributed by atoms with Crippen molar-refractivity contribution in [1.82, 2.24) is 15.3 Å². The number of aryl methyl sites for hydroxylation is 1. The van der Waals surface area contributed by atoms with Crippen LogP contribution in [0.4, 0.5) is 0 Å². The molecule has 0 saturated carbocycles. The SMILES string of the molecule is CCNCc1ccc2nc(C)[nH]c(=O)c2c1. The molecule has 2 rings (SSSR count). The quantitative estimate of drug-likeness (QED) is 0.815. The fourth-order valence-electron chi connectivity index (χ4n) is 1.68. The molecule has 4 nitrogen and oxygen atoms in total. The van der Waals surface area contributed by atoms with Gasteiger partial charge in [0, 0.05) is 6.54 Å². The van der Waals surface area contributed by atoms with Gasteiger partial charge in [0.25, 0.3) is 5.56 Å². The number of hydrogen-bond donors (Lipinski definition) is 2. The fraction of sp³-hybridized carbons (Fsp3) is 0.333. The molecule has 84 valence electrons. The zero-order valence-corrected chi connectivity index (χ0v) is 9.50. The standard InChI is InChI=1S/C12H15N3O/c1-3-13-7-9-4-5-11-10(6-9)12(16)15-8(2)14-11/h4-6,13H,3,7H2,1-2H3,(H,14,15,16). The Morgan fingerprint density at radius 1 is 1.44 bits per heavy atom. The van der Waals surface area contributed by atoms with E-state index in [1.807, 2.05) is 18.2 Å². The van der Waals surface area contributed by atoms with E-state index in [0.29, 0.717) is 11.2 Å². The molecule has 1 heterocycles. The van der Waals surface area contributed by atoms with Crippen LogP contribution in [0.2, 0.25) is 0 Å². The van der Waals surface area contributed by atoms with Crippen LogP contribution in [0.3, 0.4) is 0 Å². The van der Waals surface area contributed by atoms with Crippen molar-refractivity contribution in [3.8, 4) is 0 Å². The molecule has 0 bridgehead atoms. The molecule has 16 heavy (non-hydrogen) atoms. The van der Waals surface area contributed by atoms with E-state index in [9.17, 15) is 4.79 Å². The first kappa shape index (κ1) is 10.8. The van der Waals surface area contributed by atoms with E-state index in [1.54, 1.807) is 6.92 Å². The molecule has 0 unspecified atom stereocenters. The number of H-pyrrole nitrogens is 1. The van der Waals surface area contributed by atoms with E-state index in [0.717, 1.165) is 24.2 Å². The Labute approximate surface area is 93.7 Å². The van der Waals surface area contributed by atoms with Gasteiger partial charge in [0.05, 0.1) is 10.9 Å². The summed E-state index contributed by atoms with van der Waals surface area (Å²) >= 11 is 0. The van der Waals surface area contributed by atoms with Crippen LogP contribution in [-0.2, 0) is 6.54 Å². The van der Waals surface area contributed by atoms with Crippen molar-refractivity contribution in [2.45, 2.75) is 20.4 Å². The monoisotopic (exact) mass is 217 g/mol. The zero-order valence-electron chi connectivity index (χ0n) is 9.50. The van der Waals surface area contributed by atoms with Crippen molar-refractivity contribution in [2.75, 3.05) is 6.54 Å². The highest BCUT2D eigenvalue weighted by Crippen LogP contribution is 2.09. The lowest BCUT2D eigenvalue weighted by molar-refractivity contribution is 0.727. The molecular formula is C12H15N3O. The second-order valence-corrected chi connectivity index (χ2v) is 3.78. The molecule has 2 aromatic rings. The smallest absolute Gasteiger partial charge is 0.258 e. The van der Waals surface area contributed by atoms with Crippen molar-refractivity contribution in [3.05, 3.63) is 39.9 Å². The lowest BCUT2D eigenvalue weighted by Crippen LogP contribution is -2.13. The molecular weight excluding hydrogens is 202 g/mol. The fourth-order valence-corrected chi connectivity index (χ4v) is 1.68. The van der Waals surface area contributed by atoms with Crippen LogP contribution in [0.1, 0.15) is 18.3 Å². The Kier molecular flexibility index (Phi) is 3.01. The lowest BCUT2D eigenvalue weighted by Gasteiger charge is -2.04. The summed E-state index contributed by atoms with van der Waals surface area (Å²) in [5.41, 5.74) is 1.79. The third kappa shape index (κ3) is 2.12. The first-order chi connectivity index (χ1) is 7.70. The number of aromatic amines is 1. The second-order valence-electron chi connectivity index (χ2n) is 3.78. The van der Waals surface area contributed by atoms with Gasteiger partial charge in [-0.2, -0.15) is 0 Å². The number of benzene rings is 1. The lowest BCUT2D eigenvalue weighted by atomic mass is 10.1. The molecule has 0 atom stereocenters. The molecule has 0 amide bonds. The summed E-state index contributed by atoms with van der Waals surface area (Å²) in [6, 6.07) is 5.78. The number of aromatic nitrogens is 2. The third-order valence-electron chi connectivity index (χ3n) is 2.47. The predicted octanol–water partition coefficient (Wildman–Crippen LogP) is 1.34. The summed E-state index contributed by atoms with van der Waals surface area (Å²) in [6.07, 6.45) is 0. The van der Waals surface area contributed by atoms with E-state index in [2.05, 4.69) is 22.2 Å². The van der Waals surface area contributed by atoms with Crippen LogP contribution in [-0.4, -0.2) is 16.5 Å². The van der Waals surface area contributed by atoms with Crippen molar-refractivity contribution in [1.29, 1.82) is 0 Å². The molecule has 4 heteroatoms. The summed E-state index contributed by atoms with van der Waals surface area (Å²) in [6.45, 7) is 5.53. The average molecular weight is 217 g/mol. The van der Waals surface area contributed by atoms with Gasteiger partial charge in [-0.3, -0.25) is 4.79 Å². The Morgan fingerprint density at radius 3 is 3.00 bits per heavy atom. The van der Waals surface area contributed by atoms with Gasteiger partial charge in [-0.15, -0.1) is 0 Å². The Balaban J connectivity index is 2.49. The molecule has 1 aromatic heterocycles. The van der Waals surface area contributed by atoms with Gasteiger partial charge in [-0.25, -0.2) is 4.98 Å². The van der Waals surface area contributed by atoms with E-state index in [4.69, 9.17) is 0 Å². The summed E-state index contributed by atoms with van der Waals surface area (Å²) in [4.78, 5) is 18.7. The third-order valence-corrected chi connectivity index (χ3v) is 2.47. The molecule has 0 aliphatic rings. The van der Waals surface area contributed by atoms with Gasteiger partial charge in [0.1, 0.15) is 5.82 Å². The summed E-state index contributed by atoms with van der Waals surface area (Å²) < 4.78 is 0. The second kappa shape index (κ2) is 4.45. The maximum atomic E-state index is 11.7. The summed E-state index contributed by atoms with van der Waals surface area (Å²) in [5, 5.41) is 3.88. The van der Waals surface area contributed by atoms with E-state index in [-0.39, 0.29) is 5.56 Å². The van der Waals surface area contributed by atoms with Crippen LogP contribution < -0.4 is 10.9 Å². The van der Waals surface area contributed by atoms with E-state index >= 15 is 0 Å². The van der Waals surface area contributed by atoms with Gasteiger partial charge in [-0.1, -0.05) is 13.0 Å². The van der Waals surface area contributed by atoms with Crippen LogP contribution >= 0.6 is 0 Å². The molecule has 0 aliphatic heterocycles. The van der Waals surface area contributed by atoms with Crippen LogP contribution in [0.5, 0.6) is 0 Å². The topological polar surface area (TPSA) is 57.8 Å². The minimum atomic E-state index is -0.0687. The number of rotatable bonds is 3. The number of nitrogens with zero attached hydrogens (tertiary/aromatic N) is 1. The molecule has 0 aliphatic carbocycles. The Morgan fingerprint density at radius 2 is 2.25 bits per heavy atom. The first-order valence-electron chi connectivity index (χ1n) is 5.41. The van der Waals surface area contributed by atoms with E-state index in [1.165, 1.54) is 0 Å². The average Bonchev–Trinajstić information content (AvgIpc) is 2.26. The maximum Gasteiger partial charge on any atom is 0.258 e. The van der Waals surface area contributed by atoms with Crippen LogP contribution in [0.15, 0.2) is 23.0 Å². The molecule has 0 saturated heterocycles. The molecule has 0 fully saturated rings. The molecule has 1 aromatic carbocycles. The highest BCUT2D eigenvalue weighted by Gasteiger charge is 2.02. The predicted molar refractivity (Wildman–Crippen MR) is 64.5 cm³/mol. The Bertz CT molecular complexity index is 560. The van der Waals surface area contributed by atoms with Crippen molar-refractivity contribution in [3.63, 3.8) is 0 Å². The largest absolute Gasteiger partial charge is 0.313 e. The highest BCUT2D eigenvalue weighted by molar-refractivity contribution is 5.78. The molecule has 0 spiro atoms. The van der Waals surface area contributed by atoms with Gasteiger partial charge in [0.2, 0.25) is 0 Å². The summed E-state index contributed by atoms with van der Waals surface area (Å²) in [7, 11) is 0. The highest BCUT2D eigenvalue weighted by atomic mass is 16.1. The van der Waals surface area contributed by atoms with Crippen LogP contribution in [0, 0.1) is 6.92 Å². The number of nitrogens with one attached hydrogen (secondary N) is 2. The molecule has 0 radical (unpaired) electrons. The van der Waals surface area contributed by atoms with Gasteiger partial charge < -0.3 is 10.3 Å². The van der Waals surface area contributed by atoms with Crippen molar-refractivity contribution in [2.24, 2.45) is 0 Å². The number of fused-ring (bicyclic) bond motifs is 1. The van der Waals surface area contributed by atoms with Gasteiger partial charge >= 0.3 is 0 Å². The normalized spacial score (nSPS) is 10.9.